The predicted octanol–water partition coefficient (Wildman–Crippen LogP) is 3.05. The molecule has 1 aromatic heterocycles. The van der Waals surface area contributed by atoms with Crippen molar-refractivity contribution in [3.8, 4) is 11.5 Å². The summed E-state index contributed by atoms with van der Waals surface area (Å²) in [6.07, 6.45) is 0. The number of anilines is 2. The van der Waals surface area contributed by atoms with Gasteiger partial charge in [0.05, 0.1) is 0 Å². The number of aromatic nitrogens is 2. The first-order chi connectivity index (χ1) is 13.4. The fraction of sp³-hybridized carbons (Fsp3) is 0.524. The zero-order chi connectivity index (χ0) is 19.7. The molecule has 0 bridgehead atoms. The van der Waals surface area contributed by atoms with Crippen LogP contribution in [-0.2, 0) is 6.54 Å². The Morgan fingerprint density at radius 2 is 1.75 bits per heavy atom. The number of hydrogen-bond acceptors (Lipinski definition) is 7. The van der Waals surface area contributed by atoms with Crippen LogP contribution in [0.2, 0.25) is 0 Å². The van der Waals surface area contributed by atoms with Crippen LogP contribution in [0.25, 0.3) is 0 Å². The topological polar surface area (TPSA) is 62.8 Å². The van der Waals surface area contributed by atoms with Gasteiger partial charge in [0.25, 0.3) is 0 Å². The first kappa shape index (κ1) is 18.8. The van der Waals surface area contributed by atoms with E-state index in [2.05, 4.69) is 53.0 Å². The summed E-state index contributed by atoms with van der Waals surface area (Å²) in [4.78, 5) is 14.1. The Kier molecular flexibility index (Phi) is 5.02. The Morgan fingerprint density at radius 1 is 1.00 bits per heavy atom. The molecule has 4 rings (SSSR count). The van der Waals surface area contributed by atoms with Crippen LogP contribution >= 0.6 is 0 Å². The Balaban J connectivity index is 1.37. The summed E-state index contributed by atoms with van der Waals surface area (Å²) in [6, 6.07) is 8.21. The molecule has 0 radical (unpaired) electrons. The molecule has 1 fully saturated rings. The van der Waals surface area contributed by atoms with E-state index in [-0.39, 0.29) is 5.54 Å². The van der Waals surface area contributed by atoms with E-state index in [0.717, 1.165) is 61.7 Å². The van der Waals surface area contributed by atoms with E-state index in [9.17, 15) is 0 Å². The maximum atomic E-state index is 5.49. The monoisotopic (exact) mass is 383 g/mol. The highest BCUT2D eigenvalue weighted by molar-refractivity contribution is 5.46. The maximum Gasteiger partial charge on any atom is 0.231 e. The summed E-state index contributed by atoms with van der Waals surface area (Å²) in [7, 11) is 0. The molecule has 0 saturated carbocycles. The average molecular weight is 383 g/mol. The summed E-state index contributed by atoms with van der Waals surface area (Å²) >= 11 is 0. The van der Waals surface area contributed by atoms with Crippen molar-refractivity contribution in [2.24, 2.45) is 0 Å². The van der Waals surface area contributed by atoms with Crippen LogP contribution in [0.15, 0.2) is 24.3 Å². The molecule has 0 spiro atoms. The molecule has 1 N–H and O–H groups in total. The standard InChI is InChI=1S/C21H29N5O2/c1-15-11-19(24-21(2,3)4)23-20(22-15)26-9-7-25(8-10-26)13-16-5-6-17-18(12-16)28-14-27-17/h5-6,11-12H,7-10,13-14H2,1-4H3,(H,22,23,24). The number of piperazine rings is 1. The highest BCUT2D eigenvalue weighted by Gasteiger charge is 2.21. The summed E-state index contributed by atoms with van der Waals surface area (Å²) in [5.41, 5.74) is 2.21. The van der Waals surface area contributed by atoms with Crippen LogP contribution in [0.4, 0.5) is 11.8 Å². The van der Waals surface area contributed by atoms with Crippen LogP contribution in [0.3, 0.4) is 0 Å². The molecule has 0 aliphatic carbocycles. The number of aryl methyl sites for hydroxylation is 1. The summed E-state index contributed by atoms with van der Waals surface area (Å²) in [5.74, 6) is 3.39. The van der Waals surface area contributed by atoms with Crippen molar-refractivity contribution >= 4 is 11.8 Å². The number of nitrogens with one attached hydrogen (secondary N) is 1. The lowest BCUT2D eigenvalue weighted by molar-refractivity contribution is 0.174. The lowest BCUT2D eigenvalue weighted by Crippen LogP contribution is -2.46. The van der Waals surface area contributed by atoms with Gasteiger partial charge >= 0.3 is 0 Å². The van der Waals surface area contributed by atoms with E-state index >= 15 is 0 Å². The van der Waals surface area contributed by atoms with E-state index in [1.54, 1.807) is 0 Å². The highest BCUT2D eigenvalue weighted by Crippen LogP contribution is 2.33. The van der Waals surface area contributed by atoms with Crippen molar-refractivity contribution in [1.29, 1.82) is 0 Å². The SMILES string of the molecule is Cc1cc(NC(C)(C)C)nc(N2CCN(Cc3ccc4c(c3)OCO4)CC2)n1. The first-order valence-corrected chi connectivity index (χ1v) is 9.85. The molecular formula is C21H29N5O2. The van der Waals surface area contributed by atoms with E-state index < -0.39 is 0 Å². The van der Waals surface area contributed by atoms with Crippen molar-refractivity contribution in [3.05, 3.63) is 35.5 Å². The lowest BCUT2D eigenvalue weighted by atomic mass is 10.1. The molecule has 2 aliphatic heterocycles. The molecule has 7 nitrogen and oxygen atoms in total. The van der Waals surface area contributed by atoms with Crippen molar-refractivity contribution in [3.63, 3.8) is 0 Å². The van der Waals surface area contributed by atoms with E-state index in [0.29, 0.717) is 6.79 Å². The van der Waals surface area contributed by atoms with Crippen LogP contribution in [0.1, 0.15) is 32.0 Å². The molecule has 0 unspecified atom stereocenters. The van der Waals surface area contributed by atoms with Gasteiger partial charge in [0, 0.05) is 50.0 Å². The third-order valence-electron chi connectivity index (χ3n) is 4.84. The number of hydrogen-bond donors (Lipinski definition) is 1. The zero-order valence-corrected chi connectivity index (χ0v) is 17.2. The number of ether oxygens (including phenoxy) is 2. The number of rotatable bonds is 4. The molecule has 0 atom stereocenters. The second-order valence-corrected chi connectivity index (χ2v) is 8.52. The quantitative estimate of drug-likeness (QED) is 0.871. The molecule has 1 saturated heterocycles. The third kappa shape index (κ3) is 4.47. The van der Waals surface area contributed by atoms with Crippen molar-refractivity contribution in [1.82, 2.24) is 14.9 Å². The molecule has 2 aromatic rings. The van der Waals surface area contributed by atoms with Gasteiger partial charge in [-0.2, -0.15) is 4.98 Å². The molecule has 28 heavy (non-hydrogen) atoms. The fourth-order valence-corrected chi connectivity index (χ4v) is 3.55. The highest BCUT2D eigenvalue weighted by atomic mass is 16.7. The molecule has 150 valence electrons. The minimum absolute atomic E-state index is 0.0264. The summed E-state index contributed by atoms with van der Waals surface area (Å²) < 4.78 is 10.9. The van der Waals surface area contributed by atoms with Gasteiger partial charge < -0.3 is 19.7 Å². The van der Waals surface area contributed by atoms with Gasteiger partial charge in [-0.15, -0.1) is 0 Å². The number of fused-ring (bicyclic) bond motifs is 1. The second kappa shape index (κ2) is 7.47. The van der Waals surface area contributed by atoms with Crippen molar-refractivity contribution in [2.75, 3.05) is 43.2 Å². The van der Waals surface area contributed by atoms with E-state index in [4.69, 9.17) is 14.5 Å². The summed E-state index contributed by atoms with van der Waals surface area (Å²) in [6.45, 7) is 13.5. The first-order valence-electron chi connectivity index (χ1n) is 9.85. The van der Waals surface area contributed by atoms with Gasteiger partial charge in [0.1, 0.15) is 5.82 Å². The zero-order valence-electron chi connectivity index (χ0n) is 17.2. The van der Waals surface area contributed by atoms with Gasteiger partial charge in [-0.3, -0.25) is 4.90 Å². The minimum Gasteiger partial charge on any atom is -0.454 e. The lowest BCUT2D eigenvalue weighted by Gasteiger charge is -2.35. The number of nitrogens with zero attached hydrogens (tertiary/aromatic N) is 4. The second-order valence-electron chi connectivity index (χ2n) is 8.52. The van der Waals surface area contributed by atoms with E-state index in [1.807, 2.05) is 19.1 Å². The molecule has 3 heterocycles. The number of benzene rings is 1. The normalized spacial score (nSPS) is 17.1. The minimum atomic E-state index is -0.0264. The van der Waals surface area contributed by atoms with Gasteiger partial charge in [-0.1, -0.05) is 6.07 Å². The Bertz CT molecular complexity index is 841. The summed E-state index contributed by atoms with van der Waals surface area (Å²) in [5, 5.41) is 3.45. The largest absolute Gasteiger partial charge is 0.454 e. The van der Waals surface area contributed by atoms with Gasteiger partial charge in [-0.05, 0) is 45.4 Å². The smallest absolute Gasteiger partial charge is 0.231 e. The Hall–Kier alpha value is -2.54. The average Bonchev–Trinajstić information content (AvgIpc) is 3.08. The Morgan fingerprint density at radius 3 is 2.50 bits per heavy atom. The Labute approximate surface area is 166 Å². The fourth-order valence-electron chi connectivity index (χ4n) is 3.55. The predicted molar refractivity (Wildman–Crippen MR) is 110 cm³/mol. The maximum absolute atomic E-state index is 5.49. The molecule has 2 aliphatic rings. The van der Waals surface area contributed by atoms with Crippen LogP contribution in [-0.4, -0.2) is 53.4 Å². The van der Waals surface area contributed by atoms with Crippen molar-refractivity contribution < 1.29 is 9.47 Å². The van der Waals surface area contributed by atoms with Crippen LogP contribution in [0, 0.1) is 6.92 Å². The van der Waals surface area contributed by atoms with Crippen molar-refractivity contribution in [2.45, 2.75) is 39.8 Å². The molecule has 1 aromatic carbocycles. The molecular weight excluding hydrogens is 354 g/mol. The van der Waals surface area contributed by atoms with Crippen LogP contribution < -0.4 is 19.7 Å². The van der Waals surface area contributed by atoms with Crippen LogP contribution in [0.5, 0.6) is 11.5 Å². The van der Waals surface area contributed by atoms with Gasteiger partial charge in [0.2, 0.25) is 12.7 Å². The van der Waals surface area contributed by atoms with Gasteiger partial charge in [-0.25, -0.2) is 4.98 Å². The van der Waals surface area contributed by atoms with E-state index in [1.165, 1.54) is 5.56 Å². The van der Waals surface area contributed by atoms with Gasteiger partial charge in [0.15, 0.2) is 11.5 Å². The molecule has 0 amide bonds. The third-order valence-corrected chi connectivity index (χ3v) is 4.84. The molecule has 7 heteroatoms.